The Morgan fingerprint density at radius 2 is 1.74 bits per heavy atom. The fourth-order valence-corrected chi connectivity index (χ4v) is 2.12. The third-order valence-corrected chi connectivity index (χ3v) is 3.31. The number of amides is 2. The van der Waals surface area contributed by atoms with E-state index < -0.39 is 6.03 Å². The van der Waals surface area contributed by atoms with Gasteiger partial charge in [-0.2, -0.15) is 0 Å². The van der Waals surface area contributed by atoms with Crippen LogP contribution in [-0.2, 0) is 0 Å². The van der Waals surface area contributed by atoms with Crippen molar-refractivity contribution in [1.29, 1.82) is 0 Å². The van der Waals surface area contributed by atoms with E-state index in [9.17, 15) is 4.79 Å². The minimum atomic E-state index is -0.515. The molecule has 2 aromatic carbocycles. The highest BCUT2D eigenvalue weighted by Crippen LogP contribution is 2.22. The average molecular weight is 349 g/mol. The third kappa shape index (κ3) is 4.00. The quantitative estimate of drug-likeness (QED) is 0.719. The molecule has 2 amide bonds. The second kappa shape index (κ2) is 6.68. The standard InChI is InChI=1S/C15H10Cl2N4O2/c16-10-6-4-9(5-7-10)13-20-21-15(23-13)19-14(22)18-12-3-1-2-11(17)8-12/h1-8H,(H2,18,19,21,22). The molecular formula is C15H10Cl2N4O2. The van der Waals surface area contributed by atoms with Gasteiger partial charge in [-0.25, -0.2) is 4.79 Å². The van der Waals surface area contributed by atoms with Gasteiger partial charge in [0.1, 0.15) is 0 Å². The molecule has 0 fully saturated rings. The maximum absolute atomic E-state index is 11.9. The number of hydrogen-bond donors (Lipinski definition) is 2. The van der Waals surface area contributed by atoms with Crippen molar-refractivity contribution < 1.29 is 9.21 Å². The first-order chi connectivity index (χ1) is 11.1. The van der Waals surface area contributed by atoms with Gasteiger partial charge in [-0.05, 0) is 42.5 Å². The number of benzene rings is 2. The Balaban J connectivity index is 1.66. The van der Waals surface area contributed by atoms with E-state index in [1.165, 1.54) is 0 Å². The van der Waals surface area contributed by atoms with Gasteiger partial charge < -0.3 is 9.73 Å². The second-order valence-corrected chi connectivity index (χ2v) is 5.38. The SMILES string of the molecule is O=C(Nc1cccc(Cl)c1)Nc1nnc(-c2ccc(Cl)cc2)o1. The smallest absolute Gasteiger partial charge is 0.327 e. The van der Waals surface area contributed by atoms with E-state index in [0.29, 0.717) is 21.3 Å². The van der Waals surface area contributed by atoms with Gasteiger partial charge in [0.2, 0.25) is 5.89 Å². The molecule has 3 rings (SSSR count). The lowest BCUT2D eigenvalue weighted by molar-refractivity contribution is 0.261. The summed E-state index contributed by atoms with van der Waals surface area (Å²) in [6.45, 7) is 0. The topological polar surface area (TPSA) is 80.0 Å². The van der Waals surface area contributed by atoms with Crippen molar-refractivity contribution >= 4 is 40.9 Å². The monoisotopic (exact) mass is 348 g/mol. The van der Waals surface area contributed by atoms with Crippen molar-refractivity contribution in [3.05, 3.63) is 58.6 Å². The van der Waals surface area contributed by atoms with Gasteiger partial charge in [-0.3, -0.25) is 5.32 Å². The summed E-state index contributed by atoms with van der Waals surface area (Å²) in [4.78, 5) is 11.9. The predicted octanol–water partition coefficient (Wildman–Crippen LogP) is 4.69. The van der Waals surface area contributed by atoms with Crippen LogP contribution in [0.1, 0.15) is 0 Å². The van der Waals surface area contributed by atoms with Crippen molar-refractivity contribution in [2.75, 3.05) is 10.6 Å². The van der Waals surface area contributed by atoms with Crippen LogP contribution in [-0.4, -0.2) is 16.2 Å². The first-order valence-electron chi connectivity index (χ1n) is 6.53. The number of hydrogen-bond acceptors (Lipinski definition) is 4. The van der Waals surface area contributed by atoms with Gasteiger partial charge in [-0.15, -0.1) is 5.10 Å². The summed E-state index contributed by atoms with van der Waals surface area (Å²) in [6.07, 6.45) is 0. The highest BCUT2D eigenvalue weighted by Gasteiger charge is 2.11. The van der Waals surface area contributed by atoms with Crippen molar-refractivity contribution in [2.45, 2.75) is 0 Å². The number of nitrogens with one attached hydrogen (secondary N) is 2. The number of urea groups is 1. The molecule has 0 spiro atoms. The molecule has 116 valence electrons. The molecule has 0 radical (unpaired) electrons. The Kier molecular flexibility index (Phi) is 4.45. The highest BCUT2D eigenvalue weighted by atomic mass is 35.5. The molecule has 0 atom stereocenters. The summed E-state index contributed by atoms with van der Waals surface area (Å²) >= 11 is 11.7. The first-order valence-corrected chi connectivity index (χ1v) is 7.29. The van der Waals surface area contributed by atoms with Crippen LogP contribution in [0.25, 0.3) is 11.5 Å². The van der Waals surface area contributed by atoms with Crippen molar-refractivity contribution in [3.8, 4) is 11.5 Å². The summed E-state index contributed by atoms with van der Waals surface area (Å²) in [7, 11) is 0. The van der Waals surface area contributed by atoms with Crippen LogP contribution in [0.5, 0.6) is 0 Å². The maximum atomic E-state index is 11.9. The molecular weight excluding hydrogens is 339 g/mol. The molecule has 8 heteroatoms. The number of aromatic nitrogens is 2. The van der Waals surface area contributed by atoms with E-state index in [1.54, 1.807) is 48.5 Å². The van der Waals surface area contributed by atoms with Gasteiger partial charge in [0.15, 0.2) is 0 Å². The van der Waals surface area contributed by atoms with Crippen molar-refractivity contribution in [2.24, 2.45) is 0 Å². The van der Waals surface area contributed by atoms with Crippen LogP contribution in [0.2, 0.25) is 10.0 Å². The molecule has 2 N–H and O–H groups in total. The zero-order valence-electron chi connectivity index (χ0n) is 11.6. The molecule has 23 heavy (non-hydrogen) atoms. The minimum Gasteiger partial charge on any atom is -0.403 e. The van der Waals surface area contributed by atoms with Gasteiger partial charge in [0, 0.05) is 21.3 Å². The minimum absolute atomic E-state index is 0.0190. The summed E-state index contributed by atoms with van der Waals surface area (Å²) in [6, 6.07) is 13.1. The lowest BCUT2D eigenvalue weighted by Crippen LogP contribution is -2.19. The summed E-state index contributed by atoms with van der Waals surface area (Å²) in [5.41, 5.74) is 1.25. The zero-order valence-corrected chi connectivity index (χ0v) is 13.1. The Labute approximate surface area is 141 Å². The van der Waals surface area contributed by atoms with Crippen LogP contribution in [0.15, 0.2) is 52.9 Å². The molecule has 0 aliphatic carbocycles. The summed E-state index contributed by atoms with van der Waals surface area (Å²) < 4.78 is 5.38. The van der Waals surface area contributed by atoms with E-state index in [0.717, 1.165) is 0 Å². The number of nitrogens with zero attached hydrogens (tertiary/aromatic N) is 2. The lowest BCUT2D eigenvalue weighted by Gasteiger charge is -2.04. The Morgan fingerprint density at radius 1 is 0.957 bits per heavy atom. The fourth-order valence-electron chi connectivity index (χ4n) is 1.81. The van der Waals surface area contributed by atoms with Crippen LogP contribution in [0, 0.1) is 0 Å². The normalized spacial score (nSPS) is 10.3. The van der Waals surface area contributed by atoms with Crippen LogP contribution >= 0.6 is 23.2 Å². The van der Waals surface area contributed by atoms with Crippen LogP contribution < -0.4 is 10.6 Å². The van der Waals surface area contributed by atoms with Gasteiger partial charge >= 0.3 is 12.0 Å². The molecule has 0 unspecified atom stereocenters. The van der Waals surface area contributed by atoms with E-state index in [1.807, 2.05) is 0 Å². The first kappa shape index (κ1) is 15.3. The molecule has 6 nitrogen and oxygen atoms in total. The Bertz CT molecular complexity index is 834. The molecule has 3 aromatic rings. The lowest BCUT2D eigenvalue weighted by atomic mass is 10.2. The number of rotatable bonds is 3. The average Bonchev–Trinajstić information content (AvgIpc) is 2.96. The van der Waals surface area contributed by atoms with E-state index in [-0.39, 0.29) is 11.9 Å². The van der Waals surface area contributed by atoms with Crippen LogP contribution in [0.3, 0.4) is 0 Å². The van der Waals surface area contributed by atoms with Crippen LogP contribution in [0.4, 0.5) is 16.5 Å². The number of anilines is 2. The third-order valence-electron chi connectivity index (χ3n) is 2.82. The zero-order chi connectivity index (χ0) is 16.2. The summed E-state index contributed by atoms with van der Waals surface area (Å²) in [5.74, 6) is 0.278. The largest absolute Gasteiger partial charge is 0.403 e. The molecule has 0 saturated carbocycles. The molecule has 0 aliphatic heterocycles. The number of carbonyl (C=O) groups is 1. The van der Waals surface area contributed by atoms with Gasteiger partial charge in [-0.1, -0.05) is 34.4 Å². The summed E-state index contributed by atoms with van der Waals surface area (Å²) in [5, 5.41) is 13.8. The molecule has 0 bridgehead atoms. The van der Waals surface area contributed by atoms with E-state index in [4.69, 9.17) is 27.6 Å². The highest BCUT2D eigenvalue weighted by molar-refractivity contribution is 6.31. The van der Waals surface area contributed by atoms with E-state index in [2.05, 4.69) is 20.8 Å². The number of carbonyl (C=O) groups excluding carboxylic acids is 1. The Morgan fingerprint density at radius 3 is 2.48 bits per heavy atom. The van der Waals surface area contributed by atoms with Gasteiger partial charge in [0.05, 0.1) is 0 Å². The van der Waals surface area contributed by atoms with Gasteiger partial charge in [0.25, 0.3) is 0 Å². The second-order valence-electron chi connectivity index (χ2n) is 4.51. The number of halogens is 2. The fraction of sp³-hybridized carbons (Fsp3) is 0. The molecule has 0 aliphatic rings. The van der Waals surface area contributed by atoms with E-state index >= 15 is 0 Å². The van der Waals surface area contributed by atoms with Crippen molar-refractivity contribution in [3.63, 3.8) is 0 Å². The van der Waals surface area contributed by atoms with Crippen molar-refractivity contribution in [1.82, 2.24) is 10.2 Å². The Hall–Kier alpha value is -2.57. The molecule has 1 heterocycles. The predicted molar refractivity (Wildman–Crippen MR) is 88.8 cm³/mol. The molecule has 0 saturated heterocycles. The maximum Gasteiger partial charge on any atom is 0.327 e. The molecule has 1 aromatic heterocycles.